The second kappa shape index (κ2) is 5.37. The van der Waals surface area contributed by atoms with Gasteiger partial charge in [-0.3, -0.25) is 4.79 Å². The SMILES string of the molecule is Cc1ccc2c(c1)C(C)(C)[C@@]1(/C=C/c3ccccc3Cl)NC(=O)CN21. The van der Waals surface area contributed by atoms with Gasteiger partial charge < -0.3 is 10.2 Å². The first-order valence-corrected chi connectivity index (χ1v) is 8.86. The van der Waals surface area contributed by atoms with Crippen LogP contribution < -0.4 is 10.2 Å². The molecule has 4 rings (SSSR count). The summed E-state index contributed by atoms with van der Waals surface area (Å²) >= 11 is 6.31. The standard InChI is InChI=1S/C21H21ClN2O/c1-14-8-9-18-16(12-14)20(2,3)21(23-19(25)13-24(18)21)11-10-15-6-4-5-7-17(15)22/h4-12H,13H2,1-3H3,(H,23,25)/b11-10+/t21-/m0/s1. The monoisotopic (exact) mass is 352 g/mol. The van der Waals surface area contributed by atoms with E-state index in [9.17, 15) is 4.79 Å². The Hall–Kier alpha value is -2.26. The van der Waals surface area contributed by atoms with E-state index in [2.05, 4.69) is 55.3 Å². The summed E-state index contributed by atoms with van der Waals surface area (Å²) in [5, 5.41) is 3.94. The number of carbonyl (C=O) groups excluding carboxylic acids is 1. The van der Waals surface area contributed by atoms with Gasteiger partial charge in [-0.25, -0.2) is 0 Å². The van der Waals surface area contributed by atoms with E-state index in [0.29, 0.717) is 11.6 Å². The number of fused-ring (bicyclic) bond motifs is 3. The molecule has 0 aromatic heterocycles. The Kier molecular flexibility index (Phi) is 3.48. The third kappa shape index (κ3) is 2.22. The molecule has 0 unspecified atom stereocenters. The molecule has 2 aliphatic rings. The Morgan fingerprint density at radius 1 is 1.20 bits per heavy atom. The lowest BCUT2D eigenvalue weighted by atomic mass is 9.75. The number of hydrogen-bond donors (Lipinski definition) is 1. The van der Waals surface area contributed by atoms with Crippen LogP contribution in [0.2, 0.25) is 5.02 Å². The number of nitrogens with zero attached hydrogens (tertiary/aromatic N) is 1. The molecule has 1 saturated heterocycles. The lowest BCUT2D eigenvalue weighted by molar-refractivity contribution is -0.118. The Labute approximate surface area is 153 Å². The molecule has 0 radical (unpaired) electrons. The quantitative estimate of drug-likeness (QED) is 0.874. The fourth-order valence-corrected chi connectivity index (χ4v) is 4.31. The summed E-state index contributed by atoms with van der Waals surface area (Å²) in [6, 6.07) is 14.2. The lowest BCUT2D eigenvalue weighted by Gasteiger charge is -2.40. The minimum Gasteiger partial charge on any atom is -0.335 e. The average Bonchev–Trinajstić information content (AvgIpc) is 2.99. The molecule has 2 aromatic carbocycles. The molecule has 0 aliphatic carbocycles. The van der Waals surface area contributed by atoms with Crippen LogP contribution in [-0.4, -0.2) is 18.1 Å². The van der Waals surface area contributed by atoms with Crippen LogP contribution in [0.3, 0.4) is 0 Å². The van der Waals surface area contributed by atoms with Gasteiger partial charge in [0.25, 0.3) is 0 Å². The summed E-state index contributed by atoms with van der Waals surface area (Å²) < 4.78 is 0. The molecule has 1 amide bonds. The molecule has 1 fully saturated rings. The third-order valence-electron chi connectivity index (χ3n) is 5.54. The zero-order chi connectivity index (χ0) is 17.8. The number of rotatable bonds is 2. The highest BCUT2D eigenvalue weighted by Gasteiger charge is 2.59. The van der Waals surface area contributed by atoms with E-state index < -0.39 is 5.66 Å². The topological polar surface area (TPSA) is 32.3 Å². The van der Waals surface area contributed by atoms with Crippen molar-refractivity contribution in [3.05, 3.63) is 70.3 Å². The van der Waals surface area contributed by atoms with Crippen LogP contribution in [0.4, 0.5) is 5.69 Å². The molecule has 2 aromatic rings. The van der Waals surface area contributed by atoms with Gasteiger partial charge in [0.05, 0.1) is 6.54 Å². The van der Waals surface area contributed by atoms with Crippen molar-refractivity contribution in [1.82, 2.24) is 5.32 Å². The van der Waals surface area contributed by atoms with Crippen LogP contribution in [-0.2, 0) is 10.2 Å². The molecule has 2 heterocycles. The molecule has 0 saturated carbocycles. The van der Waals surface area contributed by atoms with Gasteiger partial charge >= 0.3 is 0 Å². The molecular weight excluding hydrogens is 332 g/mol. The number of carbonyl (C=O) groups is 1. The van der Waals surface area contributed by atoms with Crippen LogP contribution in [0.15, 0.2) is 48.5 Å². The number of halogens is 1. The molecule has 25 heavy (non-hydrogen) atoms. The van der Waals surface area contributed by atoms with Crippen LogP contribution >= 0.6 is 11.6 Å². The number of benzene rings is 2. The summed E-state index contributed by atoms with van der Waals surface area (Å²) in [5.74, 6) is 0.0445. The Morgan fingerprint density at radius 2 is 1.96 bits per heavy atom. The molecule has 3 nitrogen and oxygen atoms in total. The summed E-state index contributed by atoms with van der Waals surface area (Å²) in [6.07, 6.45) is 4.11. The summed E-state index contributed by atoms with van der Waals surface area (Å²) in [5.41, 5.74) is 3.71. The number of nitrogens with one attached hydrogen (secondary N) is 1. The average molecular weight is 353 g/mol. The van der Waals surface area contributed by atoms with Gasteiger partial charge in [0.15, 0.2) is 0 Å². The highest BCUT2D eigenvalue weighted by molar-refractivity contribution is 6.32. The van der Waals surface area contributed by atoms with Crippen molar-refractivity contribution in [2.45, 2.75) is 31.8 Å². The smallest absolute Gasteiger partial charge is 0.241 e. The van der Waals surface area contributed by atoms with E-state index in [1.807, 2.05) is 30.3 Å². The summed E-state index contributed by atoms with van der Waals surface area (Å²) in [7, 11) is 0. The van der Waals surface area contributed by atoms with Gasteiger partial charge in [-0.15, -0.1) is 0 Å². The lowest BCUT2D eigenvalue weighted by Crippen LogP contribution is -2.58. The van der Waals surface area contributed by atoms with Crippen molar-refractivity contribution in [3.8, 4) is 0 Å². The molecule has 1 N–H and O–H groups in total. The minimum atomic E-state index is -0.584. The number of aryl methyl sites for hydroxylation is 1. The van der Waals surface area contributed by atoms with Gasteiger partial charge in [0.2, 0.25) is 5.91 Å². The Bertz CT molecular complexity index is 903. The van der Waals surface area contributed by atoms with Crippen molar-refractivity contribution < 1.29 is 4.79 Å². The second-order valence-electron chi connectivity index (χ2n) is 7.40. The molecule has 4 heteroatoms. The zero-order valence-corrected chi connectivity index (χ0v) is 15.4. The van der Waals surface area contributed by atoms with Crippen molar-refractivity contribution in [2.24, 2.45) is 0 Å². The number of anilines is 1. The van der Waals surface area contributed by atoms with Crippen LogP contribution in [0.5, 0.6) is 0 Å². The maximum atomic E-state index is 12.3. The van der Waals surface area contributed by atoms with Gasteiger partial charge in [-0.2, -0.15) is 0 Å². The van der Waals surface area contributed by atoms with Crippen LogP contribution in [0, 0.1) is 6.92 Å². The molecule has 1 atom stereocenters. The molecule has 0 bridgehead atoms. The Balaban J connectivity index is 1.87. The van der Waals surface area contributed by atoms with E-state index >= 15 is 0 Å². The van der Waals surface area contributed by atoms with E-state index in [1.54, 1.807) is 0 Å². The predicted octanol–water partition coefficient (Wildman–Crippen LogP) is 4.29. The molecule has 2 aliphatic heterocycles. The first-order valence-electron chi connectivity index (χ1n) is 8.49. The normalized spacial score (nSPS) is 23.7. The molecular formula is C21H21ClN2O. The summed E-state index contributed by atoms with van der Waals surface area (Å²) in [4.78, 5) is 14.5. The largest absolute Gasteiger partial charge is 0.335 e. The fraction of sp³-hybridized carbons (Fsp3) is 0.286. The minimum absolute atomic E-state index is 0.0445. The van der Waals surface area contributed by atoms with Gasteiger partial charge in [-0.05, 0) is 36.3 Å². The van der Waals surface area contributed by atoms with Gasteiger partial charge in [-0.1, -0.05) is 67.4 Å². The van der Waals surface area contributed by atoms with Crippen molar-refractivity contribution in [3.63, 3.8) is 0 Å². The molecule has 0 spiro atoms. The maximum absolute atomic E-state index is 12.3. The number of amides is 1. The van der Waals surface area contributed by atoms with Crippen molar-refractivity contribution in [2.75, 3.05) is 11.4 Å². The first kappa shape index (κ1) is 16.2. The first-order chi connectivity index (χ1) is 11.8. The van der Waals surface area contributed by atoms with E-state index in [1.165, 1.54) is 11.1 Å². The predicted molar refractivity (Wildman–Crippen MR) is 103 cm³/mol. The number of hydrogen-bond acceptors (Lipinski definition) is 2. The van der Waals surface area contributed by atoms with Crippen LogP contribution in [0.25, 0.3) is 6.08 Å². The van der Waals surface area contributed by atoms with Crippen LogP contribution in [0.1, 0.15) is 30.5 Å². The van der Waals surface area contributed by atoms with Crippen molar-refractivity contribution >= 4 is 29.3 Å². The zero-order valence-electron chi connectivity index (χ0n) is 14.6. The van der Waals surface area contributed by atoms with Gasteiger partial charge in [0.1, 0.15) is 5.66 Å². The maximum Gasteiger partial charge on any atom is 0.241 e. The highest BCUT2D eigenvalue weighted by Crippen LogP contribution is 2.53. The van der Waals surface area contributed by atoms with E-state index in [-0.39, 0.29) is 11.3 Å². The van der Waals surface area contributed by atoms with Gasteiger partial charge in [0, 0.05) is 16.1 Å². The summed E-state index contributed by atoms with van der Waals surface area (Å²) in [6.45, 7) is 6.85. The molecule has 128 valence electrons. The second-order valence-corrected chi connectivity index (χ2v) is 7.81. The van der Waals surface area contributed by atoms with E-state index in [4.69, 9.17) is 11.6 Å². The third-order valence-corrected chi connectivity index (χ3v) is 5.88. The fourth-order valence-electron chi connectivity index (χ4n) is 4.11. The highest BCUT2D eigenvalue weighted by atomic mass is 35.5. The Morgan fingerprint density at radius 3 is 2.72 bits per heavy atom. The van der Waals surface area contributed by atoms with Crippen molar-refractivity contribution in [1.29, 1.82) is 0 Å². The van der Waals surface area contributed by atoms with E-state index in [0.717, 1.165) is 11.3 Å².